The molecule has 0 radical (unpaired) electrons. The minimum atomic E-state index is -0.00541. The Morgan fingerprint density at radius 1 is 1.41 bits per heavy atom. The molecule has 1 aromatic rings. The summed E-state index contributed by atoms with van der Waals surface area (Å²) in [5.41, 5.74) is 2.66. The molecule has 5 heteroatoms. The predicted octanol–water partition coefficient (Wildman–Crippen LogP) is 2.22. The number of rotatable bonds is 4. The number of hydrogen-bond acceptors (Lipinski definition) is 4. The highest BCUT2D eigenvalue weighted by molar-refractivity contribution is 5.72. The fraction of sp³-hybridized carbons (Fsp3) is 0.765. The van der Waals surface area contributed by atoms with Gasteiger partial charge in [0.2, 0.25) is 0 Å². The highest BCUT2D eigenvalue weighted by Gasteiger charge is 2.34. The Morgan fingerprint density at radius 3 is 3.05 bits per heavy atom. The summed E-state index contributed by atoms with van der Waals surface area (Å²) < 4.78 is 5.20. The summed E-state index contributed by atoms with van der Waals surface area (Å²) in [7, 11) is 0. The standard InChI is InChI=1S/C17H27N3O2/c1-3-22-17(21)15-6-4-13(8-11(15)2)19-14-5-7-16-12(9-14)10-18-20-16/h10-11,13-15,19H,3-9H2,1-2H3,(H,18,20). The molecule has 0 amide bonds. The molecule has 122 valence electrons. The first-order chi connectivity index (χ1) is 10.7. The van der Waals surface area contributed by atoms with Crippen LogP contribution in [0.4, 0.5) is 0 Å². The summed E-state index contributed by atoms with van der Waals surface area (Å²) in [6.45, 7) is 4.55. The molecule has 0 aliphatic heterocycles. The number of aryl methyl sites for hydroxylation is 1. The number of ether oxygens (including phenoxy) is 1. The number of H-pyrrole nitrogens is 1. The summed E-state index contributed by atoms with van der Waals surface area (Å²) in [6, 6.07) is 1.07. The number of carbonyl (C=O) groups is 1. The number of hydrogen-bond donors (Lipinski definition) is 2. The van der Waals surface area contributed by atoms with Crippen molar-refractivity contribution in [2.24, 2.45) is 11.8 Å². The molecule has 0 spiro atoms. The van der Waals surface area contributed by atoms with E-state index in [1.165, 1.54) is 17.7 Å². The fourth-order valence-electron chi connectivity index (χ4n) is 4.04. The van der Waals surface area contributed by atoms with E-state index in [4.69, 9.17) is 4.74 Å². The third kappa shape index (κ3) is 3.35. The molecule has 4 atom stereocenters. The third-order valence-corrected chi connectivity index (χ3v) is 5.25. The van der Waals surface area contributed by atoms with Crippen LogP contribution in [0.15, 0.2) is 6.20 Å². The number of carbonyl (C=O) groups excluding carboxylic acids is 1. The zero-order chi connectivity index (χ0) is 15.5. The molecule has 5 nitrogen and oxygen atoms in total. The third-order valence-electron chi connectivity index (χ3n) is 5.25. The van der Waals surface area contributed by atoms with Crippen LogP contribution in [0, 0.1) is 11.8 Å². The molecule has 1 saturated carbocycles. The zero-order valence-electron chi connectivity index (χ0n) is 13.6. The summed E-state index contributed by atoms with van der Waals surface area (Å²) in [6.07, 6.45) is 8.37. The minimum absolute atomic E-state index is 0.00541. The lowest BCUT2D eigenvalue weighted by Crippen LogP contribution is -2.45. The summed E-state index contributed by atoms with van der Waals surface area (Å²) >= 11 is 0. The Hall–Kier alpha value is -1.36. The van der Waals surface area contributed by atoms with Crippen molar-refractivity contribution < 1.29 is 9.53 Å². The molecule has 4 unspecified atom stereocenters. The fourth-order valence-corrected chi connectivity index (χ4v) is 4.04. The largest absolute Gasteiger partial charge is 0.466 e. The SMILES string of the molecule is CCOC(=O)C1CCC(NC2CCc3[nH]ncc3C2)CC1C. The minimum Gasteiger partial charge on any atom is -0.466 e. The zero-order valence-corrected chi connectivity index (χ0v) is 13.6. The maximum Gasteiger partial charge on any atom is 0.309 e. The van der Waals surface area contributed by atoms with Crippen molar-refractivity contribution in [2.45, 2.75) is 64.5 Å². The lowest BCUT2D eigenvalue weighted by atomic mass is 9.77. The molecule has 1 aromatic heterocycles. The first kappa shape index (κ1) is 15.5. The second-order valence-corrected chi connectivity index (χ2v) is 6.83. The predicted molar refractivity (Wildman–Crippen MR) is 84.5 cm³/mol. The quantitative estimate of drug-likeness (QED) is 0.837. The van der Waals surface area contributed by atoms with Crippen molar-refractivity contribution in [1.29, 1.82) is 0 Å². The number of nitrogens with one attached hydrogen (secondary N) is 2. The van der Waals surface area contributed by atoms with E-state index in [0.29, 0.717) is 24.6 Å². The van der Waals surface area contributed by atoms with Crippen LogP contribution >= 0.6 is 0 Å². The van der Waals surface area contributed by atoms with Crippen LogP contribution in [-0.4, -0.2) is 34.9 Å². The maximum absolute atomic E-state index is 12.0. The Kier molecular flexibility index (Phi) is 4.81. The summed E-state index contributed by atoms with van der Waals surface area (Å²) in [4.78, 5) is 12.0. The van der Waals surface area contributed by atoms with Gasteiger partial charge in [-0.3, -0.25) is 9.89 Å². The van der Waals surface area contributed by atoms with Crippen molar-refractivity contribution in [3.8, 4) is 0 Å². The Morgan fingerprint density at radius 2 is 2.27 bits per heavy atom. The van der Waals surface area contributed by atoms with E-state index in [1.54, 1.807) is 0 Å². The molecule has 0 bridgehead atoms. The monoisotopic (exact) mass is 305 g/mol. The van der Waals surface area contributed by atoms with Crippen molar-refractivity contribution in [1.82, 2.24) is 15.5 Å². The molecule has 2 aliphatic rings. The van der Waals surface area contributed by atoms with Gasteiger partial charge in [-0.1, -0.05) is 6.92 Å². The molecular weight excluding hydrogens is 278 g/mol. The van der Waals surface area contributed by atoms with Gasteiger partial charge < -0.3 is 10.1 Å². The average molecular weight is 305 g/mol. The Labute approximate surface area is 132 Å². The molecule has 2 aliphatic carbocycles. The van der Waals surface area contributed by atoms with Gasteiger partial charge in [0, 0.05) is 17.8 Å². The van der Waals surface area contributed by atoms with E-state index in [0.717, 1.165) is 32.1 Å². The van der Waals surface area contributed by atoms with Gasteiger partial charge in [0.05, 0.1) is 18.7 Å². The Balaban J connectivity index is 1.50. The van der Waals surface area contributed by atoms with Gasteiger partial charge in [0.1, 0.15) is 0 Å². The second-order valence-electron chi connectivity index (χ2n) is 6.83. The number of fused-ring (bicyclic) bond motifs is 1. The van der Waals surface area contributed by atoms with E-state index in [-0.39, 0.29) is 11.9 Å². The van der Waals surface area contributed by atoms with Gasteiger partial charge >= 0.3 is 5.97 Å². The van der Waals surface area contributed by atoms with Gasteiger partial charge in [0.15, 0.2) is 0 Å². The van der Waals surface area contributed by atoms with Gasteiger partial charge in [-0.15, -0.1) is 0 Å². The highest BCUT2D eigenvalue weighted by Crippen LogP contribution is 2.32. The van der Waals surface area contributed by atoms with Crippen LogP contribution in [-0.2, 0) is 22.4 Å². The van der Waals surface area contributed by atoms with Crippen LogP contribution in [0.5, 0.6) is 0 Å². The van der Waals surface area contributed by atoms with Crippen LogP contribution in [0.1, 0.15) is 50.8 Å². The van der Waals surface area contributed by atoms with E-state index in [1.807, 2.05) is 13.1 Å². The molecule has 1 fully saturated rings. The molecule has 2 N–H and O–H groups in total. The van der Waals surface area contributed by atoms with Crippen LogP contribution < -0.4 is 5.32 Å². The van der Waals surface area contributed by atoms with E-state index in [2.05, 4.69) is 22.4 Å². The highest BCUT2D eigenvalue weighted by atomic mass is 16.5. The normalized spacial score (nSPS) is 31.5. The topological polar surface area (TPSA) is 67.0 Å². The molecule has 3 rings (SSSR count). The molecule has 1 heterocycles. The van der Waals surface area contributed by atoms with Gasteiger partial charge in [-0.05, 0) is 56.9 Å². The number of aromatic nitrogens is 2. The number of esters is 1. The molecule has 0 saturated heterocycles. The van der Waals surface area contributed by atoms with E-state index < -0.39 is 0 Å². The molecule has 0 aromatic carbocycles. The van der Waals surface area contributed by atoms with E-state index in [9.17, 15) is 4.79 Å². The Bertz CT molecular complexity index is 514. The maximum atomic E-state index is 12.0. The van der Waals surface area contributed by atoms with Crippen LogP contribution in [0.3, 0.4) is 0 Å². The van der Waals surface area contributed by atoms with Crippen molar-refractivity contribution in [3.05, 3.63) is 17.5 Å². The first-order valence-corrected chi connectivity index (χ1v) is 8.61. The lowest BCUT2D eigenvalue weighted by molar-refractivity contribution is -0.151. The van der Waals surface area contributed by atoms with Crippen molar-refractivity contribution in [3.63, 3.8) is 0 Å². The molecular formula is C17H27N3O2. The van der Waals surface area contributed by atoms with Crippen molar-refractivity contribution in [2.75, 3.05) is 6.61 Å². The van der Waals surface area contributed by atoms with E-state index >= 15 is 0 Å². The molecule has 22 heavy (non-hydrogen) atoms. The van der Waals surface area contributed by atoms with Crippen LogP contribution in [0.2, 0.25) is 0 Å². The van der Waals surface area contributed by atoms with Gasteiger partial charge in [-0.2, -0.15) is 5.10 Å². The number of nitrogens with zero attached hydrogens (tertiary/aromatic N) is 1. The number of aromatic amines is 1. The first-order valence-electron chi connectivity index (χ1n) is 8.61. The smallest absolute Gasteiger partial charge is 0.309 e. The van der Waals surface area contributed by atoms with Crippen LogP contribution in [0.25, 0.3) is 0 Å². The summed E-state index contributed by atoms with van der Waals surface area (Å²) in [5.74, 6) is 0.484. The average Bonchev–Trinajstić information content (AvgIpc) is 2.95. The van der Waals surface area contributed by atoms with Gasteiger partial charge in [-0.25, -0.2) is 0 Å². The second kappa shape index (κ2) is 6.82. The van der Waals surface area contributed by atoms with Gasteiger partial charge in [0.25, 0.3) is 0 Å². The lowest BCUT2D eigenvalue weighted by Gasteiger charge is -2.36. The van der Waals surface area contributed by atoms with Crippen molar-refractivity contribution >= 4 is 5.97 Å². The summed E-state index contributed by atoms with van der Waals surface area (Å²) in [5, 5.41) is 11.0.